The molecule has 2 N–H and O–H groups in total. The average Bonchev–Trinajstić information content (AvgIpc) is 1.61. The molecule has 0 aromatic rings. The summed E-state index contributed by atoms with van der Waals surface area (Å²) in [6.07, 6.45) is 0.831. The van der Waals surface area contributed by atoms with Crippen LogP contribution in [0.25, 0.3) is 0 Å². The van der Waals surface area contributed by atoms with Gasteiger partial charge in [-0.15, -0.1) is 0 Å². The maximum Gasteiger partial charge on any atom is 0.254 e. The molecule has 0 heterocycles. The lowest BCUT2D eigenvalue weighted by Crippen LogP contribution is -2.10. The average molecular weight is 118 g/mol. The van der Waals surface area contributed by atoms with E-state index in [0.29, 0.717) is 0 Å². The fraction of sp³-hybridized carbons (Fsp3) is 0.500. The number of hydrogen-bond acceptors (Lipinski definition) is 2. The van der Waals surface area contributed by atoms with Crippen LogP contribution < -0.4 is 5.73 Å². The summed E-state index contributed by atoms with van der Waals surface area (Å²) >= 11 is 4.39. The van der Waals surface area contributed by atoms with E-state index in [1.807, 2.05) is 6.92 Å². The number of rotatable bonds is 2. The normalized spacial score (nSPS) is 8.14. The Morgan fingerprint density at radius 1 is 2.00 bits per heavy atom. The minimum absolute atomic E-state index is 0.0850. The Morgan fingerprint density at radius 2 is 2.57 bits per heavy atom. The maximum atomic E-state index is 4.96. The first kappa shape index (κ1) is 6.69. The predicted octanol–water partition coefficient (Wildman–Crippen LogP) is 0.818. The molecule has 0 saturated heterocycles. The van der Waals surface area contributed by atoms with Crippen LogP contribution >= 0.6 is 12.2 Å². The number of thiocarbonyl (C=S) groups is 1. The Hall–Kier alpha value is -0.310. The third-order valence-corrected chi connectivity index (χ3v) is 0.462. The summed E-state index contributed by atoms with van der Waals surface area (Å²) in [5.41, 5.74) is 4.96. The zero-order valence-electron chi connectivity index (χ0n) is 4.18. The molecule has 0 aliphatic rings. The van der Waals surface area contributed by atoms with Crippen molar-refractivity contribution in [1.29, 1.82) is 0 Å². The first-order chi connectivity index (χ1) is 3.27. The molecule has 7 heavy (non-hydrogen) atoms. The number of hydrogen-bond donors (Lipinski definition) is 1. The summed E-state index contributed by atoms with van der Waals surface area (Å²) in [5.74, 6) is 0. The van der Waals surface area contributed by atoms with Crippen molar-refractivity contribution in [3.63, 3.8) is 0 Å². The largest absolute Gasteiger partial charge is 0.464 e. The second-order valence-corrected chi connectivity index (χ2v) is 1.41. The van der Waals surface area contributed by atoms with Crippen molar-refractivity contribution in [2.24, 2.45) is 5.73 Å². The van der Waals surface area contributed by atoms with Gasteiger partial charge in [0.2, 0.25) is 0 Å². The molecule has 0 atom stereocenters. The van der Waals surface area contributed by atoms with Gasteiger partial charge in [0.25, 0.3) is 5.17 Å². The fourth-order valence-electron chi connectivity index (χ4n) is 0.165. The van der Waals surface area contributed by atoms with Crippen molar-refractivity contribution < 1.29 is 4.74 Å². The molecule has 1 radical (unpaired) electrons. The lowest BCUT2D eigenvalue weighted by atomic mass is 10.5. The topological polar surface area (TPSA) is 35.2 Å². The molecule has 0 rings (SSSR count). The molecule has 0 bridgehead atoms. The van der Waals surface area contributed by atoms with Gasteiger partial charge in [-0.1, -0.05) is 6.92 Å². The van der Waals surface area contributed by atoms with Crippen LogP contribution in [0.1, 0.15) is 13.3 Å². The second kappa shape index (κ2) is 3.87. The van der Waals surface area contributed by atoms with E-state index < -0.39 is 0 Å². The van der Waals surface area contributed by atoms with E-state index in [1.165, 1.54) is 0 Å². The molecule has 0 fully saturated rings. The summed E-state index contributed by atoms with van der Waals surface area (Å²) < 4.78 is 4.58. The highest BCUT2D eigenvalue weighted by Crippen LogP contribution is 1.84. The van der Waals surface area contributed by atoms with Crippen LogP contribution in [-0.4, -0.2) is 5.17 Å². The smallest absolute Gasteiger partial charge is 0.254 e. The lowest BCUT2D eigenvalue weighted by Gasteiger charge is -1.95. The Labute approximate surface area is 48.6 Å². The highest BCUT2D eigenvalue weighted by molar-refractivity contribution is 7.80. The molecule has 0 spiro atoms. The van der Waals surface area contributed by atoms with Gasteiger partial charge in [-0.25, -0.2) is 0 Å². The summed E-state index contributed by atoms with van der Waals surface area (Å²) in [6.45, 7) is 3.50. The van der Waals surface area contributed by atoms with E-state index in [0.717, 1.165) is 6.42 Å². The van der Waals surface area contributed by atoms with Gasteiger partial charge >= 0.3 is 0 Å². The summed E-state index contributed by atoms with van der Waals surface area (Å²) in [4.78, 5) is 0. The number of nitrogens with two attached hydrogens (primary N) is 1. The van der Waals surface area contributed by atoms with Crippen LogP contribution in [0.2, 0.25) is 0 Å². The molecular weight excluding hydrogens is 110 g/mol. The van der Waals surface area contributed by atoms with Crippen LogP contribution in [0.5, 0.6) is 0 Å². The lowest BCUT2D eigenvalue weighted by molar-refractivity contribution is 0.391. The van der Waals surface area contributed by atoms with Crippen molar-refractivity contribution in [1.82, 2.24) is 0 Å². The highest BCUT2D eigenvalue weighted by Gasteiger charge is 1.82. The Morgan fingerprint density at radius 3 is 2.71 bits per heavy atom. The summed E-state index contributed by atoms with van der Waals surface area (Å²) in [5, 5.41) is 0.0850. The molecule has 0 saturated carbocycles. The molecular formula is C4H8NOS. The molecule has 3 heteroatoms. The second-order valence-electron chi connectivity index (χ2n) is 1.01. The highest BCUT2D eigenvalue weighted by atomic mass is 32.1. The van der Waals surface area contributed by atoms with Crippen molar-refractivity contribution in [3.8, 4) is 0 Å². The molecule has 0 aliphatic carbocycles. The standard InChI is InChI=1S/C4H8NOS/c1-2-3-6-4(5)7/h3H,2H2,1H3,(H2,5,7). The third kappa shape index (κ3) is 5.69. The maximum absolute atomic E-state index is 4.96. The Balaban J connectivity index is 2.82. The molecule has 0 aromatic heterocycles. The van der Waals surface area contributed by atoms with Gasteiger partial charge in [0.15, 0.2) is 0 Å². The quantitative estimate of drug-likeness (QED) is 0.545. The van der Waals surface area contributed by atoms with Gasteiger partial charge in [-0.3, -0.25) is 0 Å². The van der Waals surface area contributed by atoms with Crippen molar-refractivity contribution in [2.45, 2.75) is 13.3 Å². The molecule has 0 aromatic carbocycles. The van der Waals surface area contributed by atoms with Gasteiger partial charge in [-0.2, -0.15) is 0 Å². The number of ether oxygens (including phenoxy) is 1. The van der Waals surface area contributed by atoms with E-state index in [1.54, 1.807) is 6.61 Å². The van der Waals surface area contributed by atoms with Crippen LogP contribution in [0.4, 0.5) is 0 Å². The van der Waals surface area contributed by atoms with Crippen LogP contribution in [0.15, 0.2) is 0 Å². The van der Waals surface area contributed by atoms with E-state index in [2.05, 4.69) is 17.0 Å². The summed E-state index contributed by atoms with van der Waals surface area (Å²) in [6, 6.07) is 0. The van der Waals surface area contributed by atoms with Crippen molar-refractivity contribution >= 4 is 17.4 Å². The van der Waals surface area contributed by atoms with E-state index >= 15 is 0 Å². The zero-order valence-corrected chi connectivity index (χ0v) is 4.99. The zero-order chi connectivity index (χ0) is 5.70. The molecule has 2 nitrogen and oxygen atoms in total. The molecule has 0 amide bonds. The monoisotopic (exact) mass is 118 g/mol. The molecule has 41 valence electrons. The SMILES string of the molecule is CC[CH]OC(N)=S. The predicted molar refractivity (Wildman–Crippen MR) is 32.5 cm³/mol. The first-order valence-electron chi connectivity index (χ1n) is 2.05. The van der Waals surface area contributed by atoms with Crippen LogP contribution in [0.3, 0.4) is 0 Å². The fourth-order valence-corrected chi connectivity index (χ4v) is 0.234. The Kier molecular flexibility index (Phi) is 3.69. The van der Waals surface area contributed by atoms with Gasteiger partial charge in [0, 0.05) is 0 Å². The minimum Gasteiger partial charge on any atom is -0.464 e. The Bertz CT molecular complexity index is 64.7. The van der Waals surface area contributed by atoms with Gasteiger partial charge in [0.05, 0.1) is 0 Å². The van der Waals surface area contributed by atoms with Crippen LogP contribution in [0, 0.1) is 6.61 Å². The van der Waals surface area contributed by atoms with E-state index in [-0.39, 0.29) is 5.17 Å². The third-order valence-electron chi connectivity index (χ3n) is 0.366. The molecule has 0 unspecified atom stereocenters. The van der Waals surface area contributed by atoms with E-state index in [4.69, 9.17) is 5.73 Å². The summed E-state index contributed by atoms with van der Waals surface area (Å²) in [7, 11) is 0. The van der Waals surface area contributed by atoms with Crippen molar-refractivity contribution in [3.05, 3.63) is 6.61 Å². The van der Waals surface area contributed by atoms with E-state index in [9.17, 15) is 0 Å². The van der Waals surface area contributed by atoms with Crippen LogP contribution in [-0.2, 0) is 4.74 Å². The minimum atomic E-state index is 0.0850. The molecule has 0 aliphatic heterocycles. The van der Waals surface area contributed by atoms with Gasteiger partial charge in [0.1, 0.15) is 6.61 Å². The first-order valence-corrected chi connectivity index (χ1v) is 2.46. The van der Waals surface area contributed by atoms with Gasteiger partial charge in [-0.05, 0) is 18.6 Å². The van der Waals surface area contributed by atoms with Crippen molar-refractivity contribution in [2.75, 3.05) is 0 Å². The van der Waals surface area contributed by atoms with Gasteiger partial charge < -0.3 is 10.5 Å².